The summed E-state index contributed by atoms with van der Waals surface area (Å²) in [6, 6.07) is 16.8. The van der Waals surface area contributed by atoms with E-state index in [-0.39, 0.29) is 16.2 Å². The summed E-state index contributed by atoms with van der Waals surface area (Å²) in [6.45, 7) is 6.74. The summed E-state index contributed by atoms with van der Waals surface area (Å²) in [4.78, 5) is 12.5. The van der Waals surface area contributed by atoms with Gasteiger partial charge in [0.25, 0.3) is 0 Å². The summed E-state index contributed by atoms with van der Waals surface area (Å²) in [5, 5.41) is 2.95. The van der Waals surface area contributed by atoms with Crippen molar-refractivity contribution in [2.45, 2.75) is 43.9 Å². The Labute approximate surface area is 162 Å². The van der Waals surface area contributed by atoms with Gasteiger partial charge in [-0.05, 0) is 35.1 Å². The number of hydrogen-bond acceptors (Lipinski definition) is 3. The van der Waals surface area contributed by atoms with Gasteiger partial charge in [0.05, 0.1) is 4.90 Å². The minimum absolute atomic E-state index is 0.00944. The first kappa shape index (κ1) is 21.1. The van der Waals surface area contributed by atoms with E-state index in [2.05, 4.69) is 23.9 Å². The number of carbonyl (C=O) groups is 1. The maximum atomic E-state index is 12.3. The number of benzene rings is 2. The molecule has 0 aromatic heterocycles. The third kappa shape index (κ3) is 6.19. The molecule has 0 heterocycles. The topological polar surface area (TPSA) is 75.3 Å². The van der Waals surface area contributed by atoms with Crippen LogP contribution in [0.3, 0.4) is 0 Å². The van der Waals surface area contributed by atoms with E-state index in [1.54, 1.807) is 31.2 Å². The summed E-state index contributed by atoms with van der Waals surface area (Å²) in [5.74, 6) is 0.00944. The number of nitrogens with one attached hydrogen (secondary N) is 2. The van der Waals surface area contributed by atoms with Crippen LogP contribution in [-0.4, -0.2) is 27.4 Å². The molecule has 0 bridgehead atoms. The van der Waals surface area contributed by atoms with Crippen molar-refractivity contribution in [3.05, 3.63) is 65.7 Å². The first-order chi connectivity index (χ1) is 12.7. The molecule has 0 aliphatic rings. The summed E-state index contributed by atoms with van der Waals surface area (Å²) in [7, 11) is -3.43. The molecule has 0 saturated heterocycles. The van der Waals surface area contributed by atoms with Crippen LogP contribution >= 0.6 is 0 Å². The molecule has 5 nitrogen and oxygen atoms in total. The number of amides is 1. The Bertz CT molecular complexity index is 845. The van der Waals surface area contributed by atoms with E-state index in [0.717, 1.165) is 11.1 Å². The van der Waals surface area contributed by atoms with Crippen LogP contribution in [0, 0.1) is 0 Å². The zero-order valence-electron chi connectivity index (χ0n) is 16.2. The lowest BCUT2D eigenvalue weighted by molar-refractivity contribution is -0.122. The largest absolute Gasteiger partial charge is 0.356 e. The lowest BCUT2D eigenvalue weighted by Crippen LogP contribution is -2.32. The second kappa shape index (κ2) is 9.15. The van der Waals surface area contributed by atoms with E-state index in [1.807, 2.05) is 30.3 Å². The number of carbonyl (C=O) groups excluding carboxylic acids is 1. The molecule has 2 rings (SSSR count). The lowest BCUT2D eigenvalue weighted by atomic mass is 9.81. The monoisotopic (exact) mass is 388 g/mol. The average Bonchev–Trinajstić information content (AvgIpc) is 2.62. The first-order valence-electron chi connectivity index (χ1n) is 9.15. The van der Waals surface area contributed by atoms with Crippen LogP contribution in [0.5, 0.6) is 0 Å². The maximum Gasteiger partial charge on any atom is 0.240 e. The molecule has 146 valence electrons. The second-order valence-corrected chi connectivity index (χ2v) is 8.94. The Morgan fingerprint density at radius 1 is 1.00 bits per heavy atom. The van der Waals surface area contributed by atoms with Gasteiger partial charge in [0, 0.05) is 19.5 Å². The molecule has 6 heteroatoms. The van der Waals surface area contributed by atoms with Crippen LogP contribution in [0.4, 0.5) is 0 Å². The third-order valence-corrected chi connectivity index (χ3v) is 6.02. The van der Waals surface area contributed by atoms with Gasteiger partial charge in [0.2, 0.25) is 15.9 Å². The highest BCUT2D eigenvalue weighted by molar-refractivity contribution is 7.89. The fourth-order valence-corrected chi connectivity index (χ4v) is 3.95. The van der Waals surface area contributed by atoms with Crippen LogP contribution in [0.1, 0.15) is 38.3 Å². The summed E-state index contributed by atoms with van der Waals surface area (Å²) in [5.41, 5.74) is 1.89. The minimum Gasteiger partial charge on any atom is -0.356 e. The molecule has 0 atom stereocenters. The van der Waals surface area contributed by atoms with Gasteiger partial charge in [-0.15, -0.1) is 0 Å². The highest BCUT2D eigenvalue weighted by atomic mass is 32.2. The highest BCUT2D eigenvalue weighted by Crippen LogP contribution is 2.26. The van der Waals surface area contributed by atoms with E-state index in [9.17, 15) is 13.2 Å². The van der Waals surface area contributed by atoms with Crippen molar-refractivity contribution in [2.24, 2.45) is 0 Å². The van der Waals surface area contributed by atoms with Gasteiger partial charge >= 0.3 is 0 Å². The second-order valence-electron chi connectivity index (χ2n) is 7.17. The molecule has 0 fully saturated rings. The highest BCUT2D eigenvalue weighted by Gasteiger charge is 2.23. The Kier molecular flexibility index (Phi) is 7.16. The van der Waals surface area contributed by atoms with E-state index in [4.69, 9.17) is 0 Å². The minimum atomic E-state index is -3.43. The Morgan fingerprint density at radius 2 is 1.63 bits per heavy atom. The zero-order chi connectivity index (χ0) is 19.9. The molecule has 1 amide bonds. The van der Waals surface area contributed by atoms with E-state index in [0.29, 0.717) is 25.9 Å². The first-order valence-corrected chi connectivity index (χ1v) is 10.6. The molecule has 2 aromatic carbocycles. The summed E-state index contributed by atoms with van der Waals surface area (Å²) >= 11 is 0. The fraction of sp³-hybridized carbons (Fsp3) is 0.381. The predicted octanol–water partition coefficient (Wildman–Crippen LogP) is 3.01. The molecule has 2 N–H and O–H groups in total. The molecule has 2 aromatic rings. The van der Waals surface area contributed by atoms with Crippen molar-refractivity contribution in [3.63, 3.8) is 0 Å². The van der Waals surface area contributed by atoms with Crippen molar-refractivity contribution in [3.8, 4) is 0 Å². The summed E-state index contributed by atoms with van der Waals surface area (Å²) < 4.78 is 26.3. The van der Waals surface area contributed by atoms with Gasteiger partial charge in [-0.3, -0.25) is 4.79 Å². The van der Waals surface area contributed by atoms with Crippen LogP contribution < -0.4 is 10.0 Å². The summed E-state index contributed by atoms with van der Waals surface area (Å²) in [6.07, 6.45) is 1.07. The molecule has 0 saturated carbocycles. The average molecular weight is 389 g/mol. The maximum absolute atomic E-state index is 12.3. The molecule has 0 radical (unpaired) electrons. The van der Waals surface area contributed by atoms with Gasteiger partial charge in [0.15, 0.2) is 0 Å². The van der Waals surface area contributed by atoms with Crippen molar-refractivity contribution < 1.29 is 13.2 Å². The Morgan fingerprint density at radius 3 is 2.22 bits per heavy atom. The number of hydrogen-bond donors (Lipinski definition) is 2. The Balaban J connectivity index is 1.85. The van der Waals surface area contributed by atoms with Crippen LogP contribution in [-0.2, 0) is 26.7 Å². The SMILES string of the molecule is CCNS(=O)(=O)c1ccc(CCNC(=O)CC(C)(C)c2ccccc2)cc1. The zero-order valence-corrected chi connectivity index (χ0v) is 17.0. The van der Waals surface area contributed by atoms with Gasteiger partial charge < -0.3 is 5.32 Å². The van der Waals surface area contributed by atoms with Crippen LogP contribution in [0.15, 0.2) is 59.5 Å². The van der Waals surface area contributed by atoms with E-state index in [1.165, 1.54) is 0 Å². The molecule has 0 spiro atoms. The van der Waals surface area contributed by atoms with Crippen molar-refractivity contribution >= 4 is 15.9 Å². The Hall–Kier alpha value is -2.18. The third-order valence-electron chi connectivity index (χ3n) is 4.46. The number of sulfonamides is 1. The van der Waals surface area contributed by atoms with Crippen LogP contribution in [0.25, 0.3) is 0 Å². The van der Waals surface area contributed by atoms with E-state index >= 15 is 0 Å². The smallest absolute Gasteiger partial charge is 0.240 e. The van der Waals surface area contributed by atoms with Gasteiger partial charge in [-0.25, -0.2) is 13.1 Å². The van der Waals surface area contributed by atoms with Gasteiger partial charge in [0.1, 0.15) is 0 Å². The lowest BCUT2D eigenvalue weighted by Gasteiger charge is -2.24. The normalized spacial score (nSPS) is 12.0. The predicted molar refractivity (Wildman–Crippen MR) is 108 cm³/mol. The molecule has 0 aliphatic carbocycles. The van der Waals surface area contributed by atoms with Gasteiger partial charge in [-0.1, -0.05) is 63.2 Å². The molecular formula is C21H28N2O3S. The van der Waals surface area contributed by atoms with Gasteiger partial charge in [-0.2, -0.15) is 0 Å². The van der Waals surface area contributed by atoms with Crippen molar-refractivity contribution in [1.29, 1.82) is 0 Å². The fourth-order valence-electron chi connectivity index (χ4n) is 2.91. The molecular weight excluding hydrogens is 360 g/mol. The molecule has 27 heavy (non-hydrogen) atoms. The molecule has 0 unspecified atom stereocenters. The quantitative estimate of drug-likeness (QED) is 0.693. The molecule has 0 aliphatic heterocycles. The van der Waals surface area contributed by atoms with Crippen molar-refractivity contribution in [1.82, 2.24) is 10.0 Å². The van der Waals surface area contributed by atoms with E-state index < -0.39 is 10.0 Å². The standard InChI is InChI=1S/C21H28N2O3S/c1-4-23-27(25,26)19-12-10-17(11-13-19)14-15-22-20(24)16-21(2,3)18-8-6-5-7-9-18/h5-13,23H,4,14-16H2,1-3H3,(H,22,24). The van der Waals surface area contributed by atoms with Crippen LogP contribution in [0.2, 0.25) is 0 Å². The number of rotatable bonds is 9. The van der Waals surface area contributed by atoms with Crippen molar-refractivity contribution in [2.75, 3.05) is 13.1 Å².